The van der Waals surface area contributed by atoms with Crippen LogP contribution >= 0.6 is 0 Å². The quantitative estimate of drug-likeness (QED) is 0.895. The van der Waals surface area contributed by atoms with Crippen molar-refractivity contribution in [3.63, 3.8) is 0 Å². The topological polar surface area (TPSA) is 28.2 Å². The summed E-state index contributed by atoms with van der Waals surface area (Å²) in [5.41, 5.74) is 1.38. The molecule has 3 rings (SSSR count). The summed E-state index contributed by atoms with van der Waals surface area (Å²) in [6.45, 7) is 5.81. The zero-order valence-corrected chi connectivity index (χ0v) is 12.1. The average Bonchev–Trinajstić information content (AvgIpc) is 2.84. The van der Waals surface area contributed by atoms with Crippen molar-refractivity contribution in [1.82, 2.24) is 9.88 Å². The zero-order valence-electron chi connectivity index (χ0n) is 12.1. The van der Waals surface area contributed by atoms with Gasteiger partial charge in [0.1, 0.15) is 5.82 Å². The molecule has 1 aliphatic carbocycles. The van der Waals surface area contributed by atoms with Gasteiger partial charge in [0, 0.05) is 24.3 Å². The third kappa shape index (κ3) is 2.76. The van der Waals surface area contributed by atoms with Gasteiger partial charge in [0.15, 0.2) is 0 Å². The van der Waals surface area contributed by atoms with E-state index in [1.165, 1.54) is 44.2 Å². The van der Waals surface area contributed by atoms with Crippen LogP contribution in [0.2, 0.25) is 0 Å². The Bertz CT molecular complexity index is 409. The molecule has 2 heterocycles. The molecular weight excluding hydrogens is 234 g/mol. The zero-order chi connectivity index (χ0) is 13.2. The van der Waals surface area contributed by atoms with Crippen LogP contribution in [0.15, 0.2) is 18.3 Å². The summed E-state index contributed by atoms with van der Waals surface area (Å²) >= 11 is 0. The lowest BCUT2D eigenvalue weighted by atomic mass is 9.93. The van der Waals surface area contributed by atoms with Gasteiger partial charge in [-0.3, -0.25) is 4.90 Å². The van der Waals surface area contributed by atoms with Crippen molar-refractivity contribution in [3.8, 4) is 0 Å². The van der Waals surface area contributed by atoms with Crippen LogP contribution in [0.1, 0.15) is 57.6 Å². The molecule has 0 spiro atoms. The summed E-state index contributed by atoms with van der Waals surface area (Å²) in [5, 5.41) is 3.51. The Morgan fingerprint density at radius 1 is 1.21 bits per heavy atom. The predicted molar refractivity (Wildman–Crippen MR) is 79.3 cm³/mol. The molecule has 1 aromatic rings. The van der Waals surface area contributed by atoms with Gasteiger partial charge >= 0.3 is 0 Å². The van der Waals surface area contributed by atoms with Crippen LogP contribution in [0.3, 0.4) is 0 Å². The molecule has 1 aliphatic heterocycles. The predicted octanol–water partition coefficient (Wildman–Crippen LogP) is 3.59. The first-order chi connectivity index (χ1) is 9.24. The molecule has 19 heavy (non-hydrogen) atoms. The summed E-state index contributed by atoms with van der Waals surface area (Å²) < 4.78 is 0. The number of pyridine rings is 1. The molecule has 0 radical (unpaired) electrons. The van der Waals surface area contributed by atoms with Crippen molar-refractivity contribution < 1.29 is 0 Å². The Morgan fingerprint density at radius 2 is 2.05 bits per heavy atom. The van der Waals surface area contributed by atoms with E-state index < -0.39 is 0 Å². The largest absolute Gasteiger partial charge is 0.367 e. The van der Waals surface area contributed by atoms with Gasteiger partial charge in [-0.2, -0.15) is 0 Å². The van der Waals surface area contributed by atoms with Crippen LogP contribution in [-0.2, 0) is 0 Å². The molecular formula is C16H25N3. The molecule has 3 heteroatoms. The normalized spacial score (nSPS) is 24.7. The number of nitrogens with zero attached hydrogens (tertiary/aromatic N) is 2. The number of hydrogen-bond acceptors (Lipinski definition) is 3. The number of rotatable bonds is 4. The molecule has 0 unspecified atom stereocenters. The lowest BCUT2D eigenvalue weighted by Crippen LogP contribution is -2.30. The van der Waals surface area contributed by atoms with Crippen LogP contribution in [0, 0.1) is 0 Å². The van der Waals surface area contributed by atoms with E-state index in [2.05, 4.69) is 47.4 Å². The van der Waals surface area contributed by atoms with E-state index in [0.29, 0.717) is 18.1 Å². The molecule has 1 N–H and O–H groups in total. The Hall–Kier alpha value is -1.09. The minimum absolute atomic E-state index is 0.574. The van der Waals surface area contributed by atoms with Gasteiger partial charge in [0.25, 0.3) is 0 Å². The van der Waals surface area contributed by atoms with Crippen molar-refractivity contribution in [2.75, 3.05) is 11.9 Å². The highest BCUT2D eigenvalue weighted by Gasteiger charge is 2.28. The minimum atomic E-state index is 0.574. The lowest BCUT2D eigenvalue weighted by molar-refractivity contribution is 0.205. The first-order valence-corrected chi connectivity index (χ1v) is 7.72. The second-order valence-electron chi connectivity index (χ2n) is 6.24. The summed E-state index contributed by atoms with van der Waals surface area (Å²) in [6.07, 6.45) is 8.62. The molecule has 2 fully saturated rings. The molecule has 0 amide bonds. The van der Waals surface area contributed by atoms with Gasteiger partial charge in [-0.15, -0.1) is 0 Å². The number of likely N-dealkylation sites (tertiary alicyclic amines) is 1. The summed E-state index contributed by atoms with van der Waals surface area (Å²) in [4.78, 5) is 7.19. The van der Waals surface area contributed by atoms with E-state index in [1.54, 1.807) is 0 Å². The maximum absolute atomic E-state index is 4.60. The SMILES string of the molecule is CC(C)N1CCC[C@@H]1c1ccc(NC2CCC2)nc1. The fourth-order valence-electron chi connectivity index (χ4n) is 3.21. The van der Waals surface area contributed by atoms with E-state index in [0.717, 1.165) is 5.82 Å². The fraction of sp³-hybridized carbons (Fsp3) is 0.688. The van der Waals surface area contributed by atoms with Gasteiger partial charge in [0.2, 0.25) is 0 Å². The highest BCUT2D eigenvalue weighted by molar-refractivity contribution is 5.38. The summed E-state index contributed by atoms with van der Waals surface area (Å²) in [6, 6.07) is 6.28. The molecule has 2 aliphatic rings. The molecule has 1 saturated carbocycles. The second kappa shape index (κ2) is 5.49. The first-order valence-electron chi connectivity index (χ1n) is 7.72. The minimum Gasteiger partial charge on any atom is -0.367 e. The summed E-state index contributed by atoms with van der Waals surface area (Å²) in [5.74, 6) is 1.04. The van der Waals surface area contributed by atoms with Gasteiger partial charge in [0.05, 0.1) is 0 Å². The average molecular weight is 259 g/mol. The maximum Gasteiger partial charge on any atom is 0.126 e. The van der Waals surface area contributed by atoms with E-state index in [9.17, 15) is 0 Å². The molecule has 1 aromatic heterocycles. The van der Waals surface area contributed by atoms with Crippen molar-refractivity contribution in [2.45, 2.75) is 64.1 Å². The van der Waals surface area contributed by atoms with E-state index in [4.69, 9.17) is 0 Å². The first kappa shape index (κ1) is 12.9. The van der Waals surface area contributed by atoms with Crippen LogP contribution < -0.4 is 5.32 Å². The Balaban J connectivity index is 1.67. The second-order valence-corrected chi connectivity index (χ2v) is 6.24. The maximum atomic E-state index is 4.60. The van der Waals surface area contributed by atoms with Gasteiger partial charge in [-0.1, -0.05) is 6.07 Å². The van der Waals surface area contributed by atoms with E-state index >= 15 is 0 Å². The Kier molecular flexibility index (Phi) is 3.74. The van der Waals surface area contributed by atoms with E-state index in [-0.39, 0.29) is 0 Å². The van der Waals surface area contributed by atoms with Crippen LogP contribution in [0.4, 0.5) is 5.82 Å². The molecule has 0 bridgehead atoms. The van der Waals surface area contributed by atoms with E-state index in [1.807, 2.05) is 0 Å². The standard InChI is InChI=1S/C16H25N3/c1-12(2)19-10-4-7-15(19)13-8-9-16(17-11-13)18-14-5-3-6-14/h8-9,11-12,14-15H,3-7,10H2,1-2H3,(H,17,18)/t15-/m1/s1. The lowest BCUT2D eigenvalue weighted by Gasteiger charge is -2.29. The van der Waals surface area contributed by atoms with Gasteiger partial charge < -0.3 is 5.32 Å². The van der Waals surface area contributed by atoms with Crippen molar-refractivity contribution >= 4 is 5.82 Å². The number of anilines is 1. The highest BCUT2D eigenvalue weighted by Crippen LogP contribution is 2.33. The number of aromatic nitrogens is 1. The van der Waals surface area contributed by atoms with Crippen LogP contribution in [0.25, 0.3) is 0 Å². The fourth-order valence-corrected chi connectivity index (χ4v) is 3.21. The highest BCUT2D eigenvalue weighted by atomic mass is 15.2. The number of nitrogens with one attached hydrogen (secondary N) is 1. The molecule has 0 aromatic carbocycles. The van der Waals surface area contributed by atoms with Gasteiger partial charge in [-0.25, -0.2) is 4.98 Å². The van der Waals surface area contributed by atoms with Crippen LogP contribution in [-0.4, -0.2) is 28.5 Å². The van der Waals surface area contributed by atoms with Crippen molar-refractivity contribution in [3.05, 3.63) is 23.9 Å². The Labute approximate surface area is 116 Å². The van der Waals surface area contributed by atoms with Gasteiger partial charge in [-0.05, 0) is 64.1 Å². The Morgan fingerprint density at radius 3 is 2.63 bits per heavy atom. The van der Waals surface area contributed by atoms with Crippen molar-refractivity contribution in [1.29, 1.82) is 0 Å². The molecule has 1 atom stereocenters. The molecule has 3 nitrogen and oxygen atoms in total. The smallest absolute Gasteiger partial charge is 0.126 e. The third-order valence-corrected chi connectivity index (χ3v) is 4.59. The van der Waals surface area contributed by atoms with Crippen molar-refractivity contribution in [2.24, 2.45) is 0 Å². The third-order valence-electron chi connectivity index (χ3n) is 4.59. The van der Waals surface area contributed by atoms with Crippen LogP contribution in [0.5, 0.6) is 0 Å². The number of hydrogen-bond donors (Lipinski definition) is 1. The molecule has 104 valence electrons. The monoisotopic (exact) mass is 259 g/mol. The molecule has 1 saturated heterocycles. The summed E-state index contributed by atoms with van der Waals surface area (Å²) in [7, 11) is 0.